The van der Waals surface area contributed by atoms with Crippen LogP contribution < -0.4 is 0 Å². The van der Waals surface area contributed by atoms with Crippen LogP contribution in [0.4, 0.5) is 0 Å². The third kappa shape index (κ3) is 1.45. The van der Waals surface area contributed by atoms with Crippen molar-refractivity contribution in [3.8, 4) is 0 Å². The van der Waals surface area contributed by atoms with E-state index in [0.29, 0.717) is 0 Å². The van der Waals surface area contributed by atoms with E-state index in [9.17, 15) is 0 Å². The van der Waals surface area contributed by atoms with Gasteiger partial charge in [-0.3, -0.25) is 0 Å². The van der Waals surface area contributed by atoms with Gasteiger partial charge in [-0.1, -0.05) is 0 Å². The molecule has 0 saturated carbocycles. The van der Waals surface area contributed by atoms with Gasteiger partial charge >= 0.3 is 0 Å². The van der Waals surface area contributed by atoms with Gasteiger partial charge in [0.15, 0.2) is 0 Å². The number of thioether (sulfide) groups is 2. The number of nitrogens with zero attached hydrogens (tertiary/aromatic N) is 2. The molecule has 0 amide bonds. The Balaban J connectivity index is 2.53. The summed E-state index contributed by atoms with van der Waals surface area (Å²) < 4.78 is 0. The molecule has 0 bridgehead atoms. The average molecular weight is 198 g/mol. The minimum Gasteiger partial charge on any atom is -0.237 e. The molecule has 0 fully saturated rings. The van der Waals surface area contributed by atoms with Gasteiger partial charge in [0.05, 0.1) is 10.6 Å². The minimum absolute atomic E-state index is 0.890. The standard InChI is InChI=1S/C8H10N2S2/c1-5-7-8(10-6(2)9-5)12-4-3-11-7/h3-4H2,1-2H3. The minimum atomic E-state index is 0.890. The zero-order chi connectivity index (χ0) is 8.55. The number of aromatic nitrogens is 2. The molecule has 12 heavy (non-hydrogen) atoms. The van der Waals surface area contributed by atoms with Crippen LogP contribution in [-0.2, 0) is 0 Å². The Morgan fingerprint density at radius 1 is 1.08 bits per heavy atom. The van der Waals surface area contributed by atoms with E-state index in [4.69, 9.17) is 0 Å². The van der Waals surface area contributed by atoms with E-state index in [1.54, 1.807) is 0 Å². The summed E-state index contributed by atoms with van der Waals surface area (Å²) in [5.41, 5.74) is 1.13. The Morgan fingerprint density at radius 2 is 1.83 bits per heavy atom. The van der Waals surface area contributed by atoms with E-state index in [-0.39, 0.29) is 0 Å². The summed E-state index contributed by atoms with van der Waals surface area (Å²) in [7, 11) is 0. The van der Waals surface area contributed by atoms with Crippen LogP contribution in [0, 0.1) is 13.8 Å². The Labute approximate surface area is 80.6 Å². The quantitative estimate of drug-likeness (QED) is 0.597. The average Bonchev–Trinajstić information content (AvgIpc) is 2.04. The molecular weight excluding hydrogens is 188 g/mol. The maximum absolute atomic E-state index is 4.41. The summed E-state index contributed by atoms with van der Waals surface area (Å²) >= 11 is 3.72. The van der Waals surface area contributed by atoms with Gasteiger partial charge in [-0.05, 0) is 13.8 Å². The second-order valence-electron chi connectivity index (χ2n) is 2.69. The van der Waals surface area contributed by atoms with E-state index in [1.807, 2.05) is 30.4 Å². The van der Waals surface area contributed by atoms with Crippen molar-refractivity contribution in [3.05, 3.63) is 11.5 Å². The summed E-state index contributed by atoms with van der Waals surface area (Å²) in [5.74, 6) is 3.25. The molecule has 0 radical (unpaired) electrons. The summed E-state index contributed by atoms with van der Waals surface area (Å²) in [4.78, 5) is 10.0. The van der Waals surface area contributed by atoms with Gasteiger partial charge in [0.25, 0.3) is 0 Å². The molecule has 1 aliphatic rings. The molecule has 0 spiro atoms. The van der Waals surface area contributed by atoms with Crippen LogP contribution in [0.25, 0.3) is 0 Å². The molecule has 64 valence electrons. The van der Waals surface area contributed by atoms with Gasteiger partial charge in [0, 0.05) is 11.5 Å². The summed E-state index contributed by atoms with van der Waals surface area (Å²) in [6.07, 6.45) is 0. The molecule has 0 unspecified atom stereocenters. The number of hydrogen-bond donors (Lipinski definition) is 0. The SMILES string of the molecule is Cc1nc(C)c2c(n1)SCCS2. The lowest BCUT2D eigenvalue weighted by molar-refractivity contribution is 0.864. The Morgan fingerprint density at radius 3 is 2.67 bits per heavy atom. The summed E-state index contributed by atoms with van der Waals surface area (Å²) in [6, 6.07) is 0. The molecule has 4 heteroatoms. The van der Waals surface area contributed by atoms with E-state index in [2.05, 4.69) is 16.9 Å². The fourth-order valence-corrected chi connectivity index (χ4v) is 3.53. The van der Waals surface area contributed by atoms with Crippen LogP contribution in [0.1, 0.15) is 11.5 Å². The van der Waals surface area contributed by atoms with E-state index in [0.717, 1.165) is 11.5 Å². The largest absolute Gasteiger partial charge is 0.237 e. The normalized spacial score (nSPS) is 15.8. The fourth-order valence-electron chi connectivity index (χ4n) is 1.22. The highest BCUT2D eigenvalue weighted by Crippen LogP contribution is 2.36. The van der Waals surface area contributed by atoms with Crippen molar-refractivity contribution in [2.24, 2.45) is 0 Å². The zero-order valence-corrected chi connectivity index (χ0v) is 8.76. The molecule has 0 atom stereocenters. The van der Waals surface area contributed by atoms with E-state index >= 15 is 0 Å². The summed E-state index contributed by atoms with van der Waals surface area (Å²) in [5, 5.41) is 1.18. The smallest absolute Gasteiger partial charge is 0.126 e. The van der Waals surface area contributed by atoms with Crippen molar-refractivity contribution in [2.75, 3.05) is 11.5 Å². The van der Waals surface area contributed by atoms with Gasteiger partial charge in [0.1, 0.15) is 10.9 Å². The molecule has 2 heterocycles. The maximum atomic E-state index is 4.41. The molecule has 0 N–H and O–H groups in total. The Bertz CT molecular complexity index is 312. The lowest BCUT2D eigenvalue weighted by Crippen LogP contribution is -2.02. The molecule has 2 nitrogen and oxygen atoms in total. The van der Waals surface area contributed by atoms with E-state index < -0.39 is 0 Å². The molecule has 0 aromatic carbocycles. The fraction of sp³-hybridized carbons (Fsp3) is 0.500. The Hall–Kier alpha value is -0.220. The number of hydrogen-bond acceptors (Lipinski definition) is 4. The predicted molar refractivity (Wildman–Crippen MR) is 53.0 cm³/mol. The molecule has 0 aliphatic carbocycles. The van der Waals surface area contributed by atoms with Crippen LogP contribution in [0.3, 0.4) is 0 Å². The van der Waals surface area contributed by atoms with Crippen LogP contribution in [0.15, 0.2) is 9.92 Å². The van der Waals surface area contributed by atoms with Gasteiger partial charge in [-0.15, -0.1) is 23.5 Å². The van der Waals surface area contributed by atoms with Crippen LogP contribution in [-0.4, -0.2) is 21.5 Å². The number of aryl methyl sites for hydroxylation is 2. The molecule has 1 aromatic rings. The van der Waals surface area contributed by atoms with Crippen molar-refractivity contribution >= 4 is 23.5 Å². The first-order chi connectivity index (χ1) is 5.77. The Kier molecular flexibility index (Phi) is 2.28. The van der Waals surface area contributed by atoms with Crippen molar-refractivity contribution in [2.45, 2.75) is 23.8 Å². The first-order valence-electron chi connectivity index (χ1n) is 3.88. The number of fused-ring (bicyclic) bond motifs is 1. The van der Waals surface area contributed by atoms with Crippen molar-refractivity contribution in [3.63, 3.8) is 0 Å². The van der Waals surface area contributed by atoms with Gasteiger partial charge in [-0.2, -0.15) is 0 Å². The highest BCUT2D eigenvalue weighted by molar-refractivity contribution is 8.05. The topological polar surface area (TPSA) is 25.8 Å². The van der Waals surface area contributed by atoms with Crippen LogP contribution in [0.5, 0.6) is 0 Å². The summed E-state index contributed by atoms with van der Waals surface area (Å²) in [6.45, 7) is 4.01. The molecule has 2 rings (SSSR count). The monoisotopic (exact) mass is 198 g/mol. The zero-order valence-electron chi connectivity index (χ0n) is 7.13. The van der Waals surface area contributed by atoms with Crippen molar-refractivity contribution in [1.29, 1.82) is 0 Å². The first-order valence-corrected chi connectivity index (χ1v) is 5.85. The van der Waals surface area contributed by atoms with Gasteiger partial charge in [-0.25, -0.2) is 9.97 Å². The third-order valence-corrected chi connectivity index (χ3v) is 4.23. The molecule has 0 saturated heterocycles. The predicted octanol–water partition coefficient (Wildman–Crippen LogP) is 2.29. The third-order valence-electron chi connectivity index (χ3n) is 1.68. The second-order valence-corrected chi connectivity index (χ2v) is 4.88. The molecule has 1 aromatic heterocycles. The van der Waals surface area contributed by atoms with E-state index in [1.165, 1.54) is 21.4 Å². The molecular formula is C8H10N2S2. The highest BCUT2D eigenvalue weighted by atomic mass is 32.2. The number of rotatable bonds is 0. The highest BCUT2D eigenvalue weighted by Gasteiger charge is 2.15. The van der Waals surface area contributed by atoms with Crippen LogP contribution in [0.2, 0.25) is 0 Å². The maximum Gasteiger partial charge on any atom is 0.126 e. The first kappa shape index (κ1) is 8.38. The molecule has 1 aliphatic heterocycles. The van der Waals surface area contributed by atoms with Gasteiger partial charge in [0.2, 0.25) is 0 Å². The lowest BCUT2D eigenvalue weighted by Gasteiger charge is -2.15. The van der Waals surface area contributed by atoms with Crippen LogP contribution >= 0.6 is 23.5 Å². The second kappa shape index (κ2) is 3.26. The lowest BCUT2D eigenvalue weighted by atomic mass is 10.4. The van der Waals surface area contributed by atoms with Crippen molar-refractivity contribution < 1.29 is 0 Å². The van der Waals surface area contributed by atoms with Gasteiger partial charge < -0.3 is 0 Å². The van der Waals surface area contributed by atoms with Crippen molar-refractivity contribution in [1.82, 2.24) is 9.97 Å².